The minimum absolute atomic E-state index is 0.0618. The number of hydrogen-bond donors (Lipinski definition) is 0. The number of aromatic nitrogens is 1. The average molecular weight is 277 g/mol. The molecule has 1 fully saturated rings. The molecule has 1 saturated heterocycles. The molecule has 6 nitrogen and oxygen atoms in total. The topological polar surface area (TPSA) is 66.8 Å². The van der Waals surface area contributed by atoms with Crippen molar-refractivity contribution >= 4 is 5.97 Å². The molecule has 1 unspecified atom stereocenters. The van der Waals surface area contributed by atoms with E-state index in [0.717, 1.165) is 11.3 Å². The van der Waals surface area contributed by atoms with Gasteiger partial charge in [-0.3, -0.25) is 9.59 Å². The SMILES string of the molecule is CC1C(=O)OCc2c1cc1n(c2=O)CCC12OCCO2. The summed E-state index contributed by atoms with van der Waals surface area (Å²) in [7, 11) is 0. The second kappa shape index (κ2) is 3.93. The fraction of sp³-hybridized carbons (Fsp3) is 0.571. The zero-order chi connectivity index (χ0) is 13.9. The Morgan fingerprint density at radius 3 is 2.80 bits per heavy atom. The molecule has 4 rings (SSSR count). The van der Waals surface area contributed by atoms with Crippen molar-refractivity contribution in [2.24, 2.45) is 0 Å². The van der Waals surface area contributed by atoms with Crippen molar-refractivity contribution in [3.8, 4) is 0 Å². The van der Waals surface area contributed by atoms with Crippen LogP contribution in [0.2, 0.25) is 0 Å². The number of nitrogens with zero attached hydrogens (tertiary/aromatic N) is 1. The van der Waals surface area contributed by atoms with Crippen molar-refractivity contribution in [2.45, 2.75) is 38.2 Å². The lowest BCUT2D eigenvalue weighted by molar-refractivity contribution is -0.163. The van der Waals surface area contributed by atoms with Gasteiger partial charge in [-0.1, -0.05) is 0 Å². The predicted octanol–water partition coefficient (Wildman–Crippen LogP) is 0.612. The van der Waals surface area contributed by atoms with Gasteiger partial charge in [0.2, 0.25) is 5.79 Å². The number of carbonyl (C=O) groups is 1. The quantitative estimate of drug-likeness (QED) is 0.650. The predicted molar refractivity (Wildman–Crippen MR) is 67.1 cm³/mol. The molecule has 0 amide bonds. The monoisotopic (exact) mass is 277 g/mol. The summed E-state index contributed by atoms with van der Waals surface area (Å²) in [5.74, 6) is -1.51. The summed E-state index contributed by atoms with van der Waals surface area (Å²) in [6, 6.07) is 1.89. The smallest absolute Gasteiger partial charge is 0.313 e. The van der Waals surface area contributed by atoms with E-state index in [4.69, 9.17) is 14.2 Å². The number of esters is 1. The molecule has 1 atom stereocenters. The lowest BCUT2D eigenvalue weighted by Gasteiger charge is -2.26. The first-order valence-corrected chi connectivity index (χ1v) is 6.84. The molecule has 0 aromatic carbocycles. The first kappa shape index (κ1) is 12.1. The van der Waals surface area contributed by atoms with Gasteiger partial charge in [0.1, 0.15) is 6.61 Å². The van der Waals surface area contributed by atoms with Crippen molar-refractivity contribution in [1.29, 1.82) is 0 Å². The Morgan fingerprint density at radius 2 is 2.05 bits per heavy atom. The maximum atomic E-state index is 12.6. The molecule has 0 radical (unpaired) electrons. The van der Waals surface area contributed by atoms with Crippen molar-refractivity contribution in [3.05, 3.63) is 33.2 Å². The Morgan fingerprint density at radius 1 is 1.30 bits per heavy atom. The van der Waals surface area contributed by atoms with Crippen LogP contribution in [-0.2, 0) is 37.9 Å². The zero-order valence-electron chi connectivity index (χ0n) is 11.2. The van der Waals surface area contributed by atoms with Crippen molar-refractivity contribution in [3.63, 3.8) is 0 Å². The van der Waals surface area contributed by atoms with Gasteiger partial charge < -0.3 is 18.8 Å². The first-order chi connectivity index (χ1) is 9.62. The Balaban J connectivity index is 1.94. The zero-order valence-corrected chi connectivity index (χ0v) is 11.2. The highest BCUT2D eigenvalue weighted by Gasteiger charge is 2.46. The lowest BCUT2D eigenvalue weighted by Crippen LogP contribution is -2.34. The van der Waals surface area contributed by atoms with Gasteiger partial charge in [0, 0.05) is 13.0 Å². The molecular weight excluding hydrogens is 262 g/mol. The third-order valence-electron chi connectivity index (χ3n) is 4.42. The molecule has 0 saturated carbocycles. The normalized spacial score (nSPS) is 26.4. The molecule has 0 N–H and O–H groups in total. The van der Waals surface area contributed by atoms with E-state index in [1.165, 1.54) is 0 Å². The second-order valence-electron chi connectivity index (χ2n) is 5.45. The van der Waals surface area contributed by atoms with Crippen LogP contribution in [0.3, 0.4) is 0 Å². The number of rotatable bonds is 0. The Bertz CT molecular complexity index is 656. The average Bonchev–Trinajstić information content (AvgIpc) is 3.05. The molecule has 4 heterocycles. The van der Waals surface area contributed by atoms with Gasteiger partial charge in [0.05, 0.1) is 30.4 Å². The summed E-state index contributed by atoms with van der Waals surface area (Å²) >= 11 is 0. The Kier molecular flexibility index (Phi) is 2.38. The van der Waals surface area contributed by atoms with Crippen LogP contribution >= 0.6 is 0 Å². The number of cyclic esters (lactones) is 1. The van der Waals surface area contributed by atoms with Gasteiger partial charge in [-0.2, -0.15) is 0 Å². The van der Waals surface area contributed by atoms with E-state index in [9.17, 15) is 9.59 Å². The van der Waals surface area contributed by atoms with Crippen molar-refractivity contribution in [2.75, 3.05) is 13.2 Å². The van der Waals surface area contributed by atoms with Gasteiger partial charge >= 0.3 is 5.97 Å². The van der Waals surface area contributed by atoms with Crippen LogP contribution in [-0.4, -0.2) is 23.8 Å². The maximum absolute atomic E-state index is 12.6. The summed E-state index contributed by atoms with van der Waals surface area (Å²) in [5, 5.41) is 0. The fourth-order valence-corrected chi connectivity index (χ4v) is 3.31. The Hall–Kier alpha value is -1.66. The molecule has 1 aromatic rings. The number of ether oxygens (including phenoxy) is 3. The molecule has 1 spiro atoms. The molecule has 0 aliphatic carbocycles. The first-order valence-electron chi connectivity index (χ1n) is 6.84. The summed E-state index contributed by atoms with van der Waals surface area (Å²) in [4.78, 5) is 24.2. The van der Waals surface area contributed by atoms with Gasteiger partial charge in [0.15, 0.2) is 0 Å². The molecule has 0 bridgehead atoms. The molecule has 6 heteroatoms. The number of hydrogen-bond acceptors (Lipinski definition) is 5. The van der Waals surface area contributed by atoms with E-state index < -0.39 is 11.7 Å². The van der Waals surface area contributed by atoms with Crippen molar-refractivity contribution < 1.29 is 19.0 Å². The van der Waals surface area contributed by atoms with E-state index in [1.807, 2.05) is 6.07 Å². The highest BCUT2D eigenvalue weighted by molar-refractivity contribution is 5.79. The molecular formula is C14H15NO5. The van der Waals surface area contributed by atoms with Crippen LogP contribution in [0.4, 0.5) is 0 Å². The number of fused-ring (bicyclic) bond motifs is 3. The molecule has 3 aliphatic rings. The molecule has 106 valence electrons. The molecule has 1 aromatic heterocycles. The van der Waals surface area contributed by atoms with E-state index in [2.05, 4.69) is 0 Å². The van der Waals surface area contributed by atoms with Crippen LogP contribution in [0, 0.1) is 0 Å². The minimum Gasteiger partial charge on any atom is -0.460 e. The van der Waals surface area contributed by atoms with Crippen LogP contribution < -0.4 is 5.56 Å². The van der Waals surface area contributed by atoms with Gasteiger partial charge in [0.25, 0.3) is 5.56 Å². The van der Waals surface area contributed by atoms with E-state index in [-0.39, 0.29) is 18.1 Å². The van der Waals surface area contributed by atoms with E-state index >= 15 is 0 Å². The van der Waals surface area contributed by atoms with Crippen LogP contribution in [0.25, 0.3) is 0 Å². The standard InChI is InChI=1S/C14H15NO5/c1-8-9-6-11-14(19-4-5-20-14)2-3-15(11)12(16)10(9)7-18-13(8)17/h6,8H,2-5,7H2,1H3. The largest absolute Gasteiger partial charge is 0.460 e. The highest BCUT2D eigenvalue weighted by Crippen LogP contribution is 2.41. The van der Waals surface area contributed by atoms with Gasteiger partial charge in [-0.05, 0) is 18.6 Å². The molecule has 3 aliphatic heterocycles. The summed E-state index contributed by atoms with van der Waals surface area (Å²) in [5.41, 5.74) is 1.97. The summed E-state index contributed by atoms with van der Waals surface area (Å²) in [6.45, 7) is 3.46. The number of carbonyl (C=O) groups excluding carboxylic acids is 1. The minimum atomic E-state index is -0.796. The third-order valence-corrected chi connectivity index (χ3v) is 4.42. The highest BCUT2D eigenvalue weighted by atomic mass is 16.7. The second-order valence-corrected chi connectivity index (χ2v) is 5.45. The maximum Gasteiger partial charge on any atom is 0.313 e. The Labute approximate surface area is 115 Å². The van der Waals surface area contributed by atoms with Crippen molar-refractivity contribution in [1.82, 2.24) is 4.57 Å². The van der Waals surface area contributed by atoms with E-state index in [0.29, 0.717) is 31.7 Å². The van der Waals surface area contributed by atoms with Crippen LogP contribution in [0.15, 0.2) is 10.9 Å². The van der Waals surface area contributed by atoms with Gasteiger partial charge in [-0.25, -0.2) is 0 Å². The fourth-order valence-electron chi connectivity index (χ4n) is 3.31. The molecule has 20 heavy (non-hydrogen) atoms. The van der Waals surface area contributed by atoms with Gasteiger partial charge in [-0.15, -0.1) is 0 Å². The summed E-state index contributed by atoms with van der Waals surface area (Å²) < 4.78 is 18.2. The lowest BCUT2D eigenvalue weighted by atomic mass is 9.93. The summed E-state index contributed by atoms with van der Waals surface area (Å²) in [6.07, 6.45) is 0.633. The van der Waals surface area contributed by atoms with Crippen LogP contribution in [0.1, 0.15) is 36.1 Å². The van der Waals surface area contributed by atoms with E-state index in [1.54, 1.807) is 11.5 Å². The third kappa shape index (κ3) is 1.40. The van der Waals surface area contributed by atoms with Crippen LogP contribution in [0.5, 0.6) is 0 Å². The number of pyridine rings is 1.